The van der Waals surface area contributed by atoms with E-state index in [2.05, 4.69) is 10.6 Å². The zero-order valence-electron chi connectivity index (χ0n) is 16.3. The minimum Gasteiger partial charge on any atom is -0.381 e. The molecule has 0 spiro atoms. The van der Waals surface area contributed by atoms with Gasteiger partial charge in [-0.25, -0.2) is 8.78 Å². The van der Waals surface area contributed by atoms with Crippen LogP contribution < -0.4 is 10.6 Å². The molecule has 30 heavy (non-hydrogen) atoms. The van der Waals surface area contributed by atoms with E-state index in [9.17, 15) is 18.4 Å². The number of halogens is 3. The SMILES string of the molecule is O=C(CCNC(=O)c1ccc(F)cc1F)NCC1(c2cccc(Cl)c2)CCOCC1. The maximum absolute atomic E-state index is 13.6. The summed E-state index contributed by atoms with van der Waals surface area (Å²) in [5.74, 6) is -2.63. The highest BCUT2D eigenvalue weighted by molar-refractivity contribution is 6.30. The third-order valence-electron chi connectivity index (χ3n) is 5.32. The molecule has 0 aromatic heterocycles. The van der Waals surface area contributed by atoms with E-state index < -0.39 is 17.5 Å². The van der Waals surface area contributed by atoms with Crippen molar-refractivity contribution in [3.8, 4) is 0 Å². The molecule has 0 radical (unpaired) electrons. The Morgan fingerprint density at radius 3 is 2.53 bits per heavy atom. The molecule has 2 N–H and O–H groups in total. The number of carbonyl (C=O) groups is 2. The Hall–Kier alpha value is -2.51. The van der Waals surface area contributed by atoms with Gasteiger partial charge >= 0.3 is 0 Å². The predicted octanol–water partition coefficient (Wildman–Crippen LogP) is 3.60. The van der Waals surface area contributed by atoms with Gasteiger partial charge in [-0.3, -0.25) is 9.59 Å². The number of ether oxygens (including phenoxy) is 1. The molecule has 1 saturated heterocycles. The summed E-state index contributed by atoms with van der Waals surface area (Å²) in [5, 5.41) is 6.05. The number of benzene rings is 2. The minimum absolute atomic E-state index is 0.0365. The van der Waals surface area contributed by atoms with Crippen molar-refractivity contribution in [1.29, 1.82) is 0 Å². The summed E-state index contributed by atoms with van der Waals surface area (Å²) in [6, 6.07) is 10.3. The Balaban J connectivity index is 1.53. The molecule has 0 bridgehead atoms. The lowest BCUT2D eigenvalue weighted by molar-refractivity contribution is -0.121. The zero-order valence-corrected chi connectivity index (χ0v) is 17.1. The molecule has 1 aliphatic heterocycles. The normalized spacial score (nSPS) is 15.4. The monoisotopic (exact) mass is 436 g/mol. The van der Waals surface area contributed by atoms with Crippen LogP contribution in [0.2, 0.25) is 5.02 Å². The summed E-state index contributed by atoms with van der Waals surface area (Å²) in [6.45, 7) is 1.66. The first-order valence-electron chi connectivity index (χ1n) is 9.73. The average molecular weight is 437 g/mol. The first kappa shape index (κ1) is 22.2. The number of hydrogen-bond acceptors (Lipinski definition) is 3. The van der Waals surface area contributed by atoms with Crippen LogP contribution in [0.1, 0.15) is 35.2 Å². The van der Waals surface area contributed by atoms with Crippen molar-refractivity contribution in [2.24, 2.45) is 0 Å². The lowest BCUT2D eigenvalue weighted by Gasteiger charge is -2.38. The minimum atomic E-state index is -0.945. The van der Waals surface area contributed by atoms with Crippen LogP contribution in [0.3, 0.4) is 0 Å². The van der Waals surface area contributed by atoms with Gasteiger partial charge in [-0.2, -0.15) is 0 Å². The Labute approximate surface area is 178 Å². The van der Waals surface area contributed by atoms with Gasteiger partial charge in [0, 0.05) is 49.2 Å². The van der Waals surface area contributed by atoms with Gasteiger partial charge in [0.05, 0.1) is 5.56 Å². The van der Waals surface area contributed by atoms with Crippen LogP contribution in [-0.4, -0.2) is 38.1 Å². The second kappa shape index (κ2) is 10.00. The summed E-state index contributed by atoms with van der Waals surface area (Å²) in [5.41, 5.74) is 0.525. The van der Waals surface area contributed by atoms with Gasteiger partial charge in [0.15, 0.2) is 0 Å². The van der Waals surface area contributed by atoms with Crippen molar-refractivity contribution in [2.75, 3.05) is 26.3 Å². The average Bonchev–Trinajstić information content (AvgIpc) is 2.73. The Kier molecular flexibility index (Phi) is 7.39. The van der Waals surface area contributed by atoms with E-state index in [1.807, 2.05) is 24.3 Å². The quantitative estimate of drug-likeness (QED) is 0.696. The van der Waals surface area contributed by atoms with Crippen molar-refractivity contribution in [2.45, 2.75) is 24.7 Å². The number of amides is 2. The fourth-order valence-electron chi connectivity index (χ4n) is 3.56. The second-order valence-corrected chi connectivity index (χ2v) is 7.75. The molecule has 2 aromatic carbocycles. The van der Waals surface area contributed by atoms with Gasteiger partial charge in [-0.1, -0.05) is 23.7 Å². The highest BCUT2D eigenvalue weighted by Gasteiger charge is 2.35. The van der Waals surface area contributed by atoms with Gasteiger partial charge in [-0.15, -0.1) is 0 Å². The van der Waals surface area contributed by atoms with Crippen LogP contribution in [0.25, 0.3) is 0 Å². The van der Waals surface area contributed by atoms with Crippen LogP contribution in [-0.2, 0) is 14.9 Å². The third kappa shape index (κ3) is 5.55. The molecule has 0 atom stereocenters. The van der Waals surface area contributed by atoms with Crippen LogP contribution in [0.15, 0.2) is 42.5 Å². The molecule has 2 aromatic rings. The first-order valence-corrected chi connectivity index (χ1v) is 10.1. The van der Waals surface area contributed by atoms with Gasteiger partial charge < -0.3 is 15.4 Å². The van der Waals surface area contributed by atoms with E-state index in [-0.39, 0.29) is 29.9 Å². The van der Waals surface area contributed by atoms with Crippen LogP contribution >= 0.6 is 11.6 Å². The second-order valence-electron chi connectivity index (χ2n) is 7.31. The lowest BCUT2D eigenvalue weighted by atomic mass is 9.74. The van der Waals surface area contributed by atoms with Gasteiger partial charge in [0.25, 0.3) is 5.91 Å². The van der Waals surface area contributed by atoms with Crippen molar-refractivity contribution in [1.82, 2.24) is 10.6 Å². The fourth-order valence-corrected chi connectivity index (χ4v) is 3.75. The summed E-state index contributed by atoms with van der Waals surface area (Å²) in [7, 11) is 0. The maximum Gasteiger partial charge on any atom is 0.254 e. The van der Waals surface area contributed by atoms with Crippen molar-refractivity contribution in [3.63, 3.8) is 0 Å². The van der Waals surface area contributed by atoms with Gasteiger partial charge in [0.1, 0.15) is 11.6 Å². The van der Waals surface area contributed by atoms with Crippen LogP contribution in [0.5, 0.6) is 0 Å². The Morgan fingerprint density at radius 2 is 1.83 bits per heavy atom. The number of carbonyl (C=O) groups excluding carboxylic acids is 2. The number of rotatable bonds is 7. The standard InChI is InChI=1S/C22H23ClF2N2O3/c23-16-3-1-2-15(12-16)22(7-10-30-11-8-22)14-27-20(28)6-9-26-21(29)18-5-4-17(24)13-19(18)25/h1-5,12-13H,6-11,14H2,(H,26,29)(H,27,28). The van der Waals surface area contributed by atoms with Gasteiger partial charge in [-0.05, 0) is 42.7 Å². The molecule has 1 aliphatic rings. The Bertz CT molecular complexity index is 917. The lowest BCUT2D eigenvalue weighted by Crippen LogP contribution is -2.45. The van der Waals surface area contributed by atoms with Crippen molar-refractivity contribution >= 4 is 23.4 Å². The number of nitrogens with one attached hydrogen (secondary N) is 2. The molecule has 1 heterocycles. The summed E-state index contributed by atoms with van der Waals surface area (Å²) < 4.78 is 32.1. The molecule has 5 nitrogen and oxygen atoms in total. The van der Waals surface area contributed by atoms with E-state index in [1.165, 1.54) is 0 Å². The highest BCUT2D eigenvalue weighted by Crippen LogP contribution is 2.35. The molecule has 8 heteroatoms. The molecule has 0 saturated carbocycles. The Morgan fingerprint density at radius 1 is 1.07 bits per heavy atom. The van der Waals surface area contributed by atoms with Crippen LogP contribution in [0, 0.1) is 11.6 Å². The molecule has 160 valence electrons. The van der Waals surface area contributed by atoms with E-state index in [1.54, 1.807) is 0 Å². The van der Waals surface area contributed by atoms with E-state index in [0.717, 1.165) is 30.5 Å². The molecular weight excluding hydrogens is 414 g/mol. The van der Waals surface area contributed by atoms with Crippen molar-refractivity contribution in [3.05, 3.63) is 70.2 Å². The van der Waals surface area contributed by atoms with Crippen molar-refractivity contribution < 1.29 is 23.1 Å². The van der Waals surface area contributed by atoms with Gasteiger partial charge in [0.2, 0.25) is 5.91 Å². The first-order chi connectivity index (χ1) is 14.4. The molecule has 0 unspecified atom stereocenters. The summed E-state index contributed by atoms with van der Waals surface area (Å²) >= 11 is 6.15. The van der Waals surface area contributed by atoms with E-state index in [0.29, 0.717) is 30.8 Å². The summed E-state index contributed by atoms with van der Waals surface area (Å²) in [6.07, 6.45) is 1.55. The van der Waals surface area contributed by atoms with Crippen LogP contribution in [0.4, 0.5) is 8.78 Å². The fraction of sp³-hybridized carbons (Fsp3) is 0.364. The largest absolute Gasteiger partial charge is 0.381 e. The molecule has 0 aliphatic carbocycles. The third-order valence-corrected chi connectivity index (χ3v) is 5.56. The summed E-state index contributed by atoms with van der Waals surface area (Å²) in [4.78, 5) is 24.3. The zero-order chi connectivity index (χ0) is 21.6. The highest BCUT2D eigenvalue weighted by atomic mass is 35.5. The molecular formula is C22H23ClF2N2O3. The van der Waals surface area contributed by atoms with E-state index >= 15 is 0 Å². The topological polar surface area (TPSA) is 67.4 Å². The number of hydrogen-bond donors (Lipinski definition) is 2. The molecule has 1 fully saturated rings. The smallest absolute Gasteiger partial charge is 0.254 e. The van der Waals surface area contributed by atoms with E-state index in [4.69, 9.17) is 16.3 Å². The maximum atomic E-state index is 13.6. The molecule has 2 amide bonds. The molecule has 3 rings (SSSR count). The predicted molar refractivity (Wildman–Crippen MR) is 110 cm³/mol.